The van der Waals surface area contributed by atoms with Gasteiger partial charge in [0, 0.05) is 37.9 Å². The van der Waals surface area contributed by atoms with Crippen molar-refractivity contribution in [3.63, 3.8) is 0 Å². The van der Waals surface area contributed by atoms with Crippen LogP contribution in [0.15, 0.2) is 24.3 Å². The van der Waals surface area contributed by atoms with Crippen molar-refractivity contribution in [2.75, 3.05) is 31.1 Å². The first kappa shape index (κ1) is 23.6. The van der Waals surface area contributed by atoms with Gasteiger partial charge in [0.25, 0.3) is 0 Å². The van der Waals surface area contributed by atoms with Gasteiger partial charge >= 0.3 is 0 Å². The molecule has 0 bridgehead atoms. The second-order valence-corrected chi connectivity index (χ2v) is 11.2. The zero-order valence-corrected chi connectivity index (χ0v) is 20.8. The van der Waals surface area contributed by atoms with Crippen molar-refractivity contribution in [2.24, 2.45) is 10.8 Å². The molecule has 1 saturated heterocycles. The largest absolute Gasteiger partial charge is 0.369 e. The summed E-state index contributed by atoms with van der Waals surface area (Å²) in [6.45, 7) is 19.4. The van der Waals surface area contributed by atoms with E-state index in [1.54, 1.807) is 5.56 Å². The molecule has 3 rings (SSSR count). The molecular formula is C28H48N2. The van der Waals surface area contributed by atoms with Crippen LogP contribution in [0.1, 0.15) is 104 Å². The van der Waals surface area contributed by atoms with Gasteiger partial charge in [-0.1, -0.05) is 78.5 Å². The van der Waals surface area contributed by atoms with Crippen LogP contribution < -0.4 is 4.90 Å². The van der Waals surface area contributed by atoms with E-state index in [4.69, 9.17) is 0 Å². The van der Waals surface area contributed by atoms with Gasteiger partial charge in [-0.15, -0.1) is 0 Å². The van der Waals surface area contributed by atoms with E-state index in [1.165, 1.54) is 83.2 Å². The van der Waals surface area contributed by atoms with Gasteiger partial charge in [0.05, 0.1) is 0 Å². The zero-order valence-electron chi connectivity index (χ0n) is 20.8. The first-order chi connectivity index (χ1) is 14.3. The Balaban J connectivity index is 1.75. The van der Waals surface area contributed by atoms with Crippen LogP contribution in [-0.2, 0) is 0 Å². The topological polar surface area (TPSA) is 6.48 Å². The molecule has 2 aliphatic rings. The van der Waals surface area contributed by atoms with Gasteiger partial charge in [-0.25, -0.2) is 0 Å². The Kier molecular flexibility index (Phi) is 7.93. The highest BCUT2D eigenvalue weighted by atomic mass is 15.3. The Labute approximate surface area is 187 Å². The maximum Gasteiger partial charge on any atom is 0.0402 e. The average Bonchev–Trinajstić information content (AvgIpc) is 2.77. The summed E-state index contributed by atoms with van der Waals surface area (Å²) < 4.78 is 0. The van der Waals surface area contributed by atoms with E-state index in [-0.39, 0.29) is 0 Å². The van der Waals surface area contributed by atoms with Crippen LogP contribution in [0.4, 0.5) is 5.69 Å². The molecule has 3 unspecified atom stereocenters. The lowest BCUT2D eigenvalue weighted by Gasteiger charge is -2.49. The lowest BCUT2D eigenvalue weighted by Crippen LogP contribution is -2.50. The molecule has 3 atom stereocenters. The summed E-state index contributed by atoms with van der Waals surface area (Å²) in [6.07, 6.45) is 10.7. The van der Waals surface area contributed by atoms with E-state index in [0.29, 0.717) is 16.7 Å². The Bertz CT molecular complexity index is 644. The molecule has 2 fully saturated rings. The van der Waals surface area contributed by atoms with Crippen molar-refractivity contribution in [1.82, 2.24) is 4.90 Å². The summed E-state index contributed by atoms with van der Waals surface area (Å²) in [5.74, 6) is 0.700. The van der Waals surface area contributed by atoms with E-state index < -0.39 is 0 Å². The summed E-state index contributed by atoms with van der Waals surface area (Å²) in [6, 6.07) is 10.1. The fourth-order valence-electron chi connectivity index (χ4n) is 6.40. The Hall–Kier alpha value is -1.02. The summed E-state index contributed by atoms with van der Waals surface area (Å²) in [5.41, 5.74) is 4.12. The second-order valence-electron chi connectivity index (χ2n) is 11.2. The molecule has 0 amide bonds. The second kappa shape index (κ2) is 10.1. The maximum atomic E-state index is 2.72. The van der Waals surface area contributed by atoms with Gasteiger partial charge < -0.3 is 4.90 Å². The molecule has 30 heavy (non-hydrogen) atoms. The number of piperazine rings is 1. The van der Waals surface area contributed by atoms with Crippen LogP contribution in [-0.4, -0.2) is 37.1 Å². The highest BCUT2D eigenvalue weighted by Gasteiger charge is 2.42. The minimum absolute atomic E-state index is 0.480. The predicted octanol–water partition coefficient (Wildman–Crippen LogP) is 7.49. The van der Waals surface area contributed by atoms with Crippen LogP contribution >= 0.6 is 0 Å². The molecule has 0 spiro atoms. The van der Waals surface area contributed by atoms with Gasteiger partial charge in [-0.05, 0) is 61.0 Å². The number of hydrogen-bond donors (Lipinski definition) is 0. The van der Waals surface area contributed by atoms with E-state index in [0.717, 1.165) is 6.04 Å². The highest BCUT2D eigenvalue weighted by Crippen LogP contribution is 2.55. The molecule has 0 aromatic heterocycles. The molecule has 1 aromatic carbocycles. The normalized spacial score (nSPS) is 31.7. The van der Waals surface area contributed by atoms with Crippen LogP contribution in [0.25, 0.3) is 0 Å². The quantitative estimate of drug-likeness (QED) is 0.436. The summed E-state index contributed by atoms with van der Waals surface area (Å²) in [7, 11) is 0. The van der Waals surface area contributed by atoms with Crippen molar-refractivity contribution < 1.29 is 0 Å². The Morgan fingerprint density at radius 2 is 1.53 bits per heavy atom. The smallest absolute Gasteiger partial charge is 0.0402 e. The van der Waals surface area contributed by atoms with Gasteiger partial charge in [0.2, 0.25) is 0 Å². The van der Waals surface area contributed by atoms with Gasteiger partial charge in [0.15, 0.2) is 0 Å². The van der Waals surface area contributed by atoms with E-state index in [2.05, 4.69) is 75.6 Å². The maximum absolute atomic E-state index is 2.72. The third-order valence-corrected chi connectivity index (χ3v) is 8.67. The predicted molar refractivity (Wildman–Crippen MR) is 133 cm³/mol. The van der Waals surface area contributed by atoms with Crippen LogP contribution in [0.2, 0.25) is 0 Å². The fraction of sp³-hybridized carbons (Fsp3) is 0.786. The lowest BCUT2D eigenvalue weighted by atomic mass is 9.57. The van der Waals surface area contributed by atoms with E-state index in [9.17, 15) is 0 Å². The van der Waals surface area contributed by atoms with Crippen molar-refractivity contribution in [3.05, 3.63) is 29.8 Å². The van der Waals surface area contributed by atoms with Crippen LogP contribution in [0, 0.1) is 10.8 Å². The first-order valence-corrected chi connectivity index (χ1v) is 12.9. The minimum atomic E-state index is 0.480. The standard InChI is InChI=1S/C28H48N2/c1-7-10-13-23(4)29-16-18-30(19-17-29)26-15-12-11-14-25(26)24-20-27(5,8-2)22-28(6,9-3)21-24/h11-12,14-15,23-24H,7-10,13,16-22H2,1-6H3. The Morgan fingerprint density at radius 1 is 0.933 bits per heavy atom. The molecule has 1 heterocycles. The van der Waals surface area contributed by atoms with Crippen LogP contribution in [0.3, 0.4) is 0 Å². The van der Waals surface area contributed by atoms with Gasteiger partial charge in [0.1, 0.15) is 0 Å². The third kappa shape index (κ3) is 5.42. The third-order valence-electron chi connectivity index (χ3n) is 8.67. The van der Waals surface area contributed by atoms with E-state index >= 15 is 0 Å². The summed E-state index contributed by atoms with van der Waals surface area (Å²) >= 11 is 0. The molecule has 2 heteroatoms. The molecular weight excluding hydrogens is 364 g/mol. The molecule has 1 aliphatic carbocycles. The Morgan fingerprint density at radius 3 is 2.10 bits per heavy atom. The number of benzene rings is 1. The van der Waals surface area contributed by atoms with E-state index in [1.807, 2.05) is 0 Å². The molecule has 0 radical (unpaired) electrons. The number of nitrogens with zero attached hydrogens (tertiary/aromatic N) is 2. The van der Waals surface area contributed by atoms with Crippen LogP contribution in [0.5, 0.6) is 0 Å². The highest BCUT2D eigenvalue weighted by molar-refractivity contribution is 5.56. The summed E-state index contributed by atoms with van der Waals surface area (Å²) in [5, 5.41) is 0. The van der Waals surface area contributed by atoms with Crippen molar-refractivity contribution in [3.8, 4) is 0 Å². The summed E-state index contributed by atoms with van der Waals surface area (Å²) in [4.78, 5) is 5.41. The molecule has 1 aromatic rings. The molecule has 2 nitrogen and oxygen atoms in total. The number of para-hydroxylation sites is 1. The van der Waals surface area contributed by atoms with Crippen molar-refractivity contribution >= 4 is 5.69 Å². The first-order valence-electron chi connectivity index (χ1n) is 12.9. The van der Waals surface area contributed by atoms with Crippen molar-refractivity contribution in [1.29, 1.82) is 0 Å². The number of hydrogen-bond acceptors (Lipinski definition) is 2. The minimum Gasteiger partial charge on any atom is -0.369 e. The number of anilines is 1. The average molecular weight is 413 g/mol. The van der Waals surface area contributed by atoms with Gasteiger partial charge in [-0.2, -0.15) is 0 Å². The monoisotopic (exact) mass is 412 g/mol. The molecule has 0 N–H and O–H groups in total. The fourth-order valence-corrected chi connectivity index (χ4v) is 6.40. The van der Waals surface area contributed by atoms with Gasteiger partial charge in [-0.3, -0.25) is 4.90 Å². The molecule has 1 aliphatic heterocycles. The zero-order chi connectivity index (χ0) is 21.8. The lowest BCUT2D eigenvalue weighted by molar-refractivity contribution is 0.0615. The SMILES string of the molecule is CCCCC(C)N1CCN(c2ccccc2C2CC(C)(CC)CC(C)(CC)C2)CC1. The van der Waals surface area contributed by atoms with Crippen molar-refractivity contribution in [2.45, 2.75) is 105 Å². The number of unbranched alkanes of at least 4 members (excludes halogenated alkanes) is 1. The molecule has 170 valence electrons. The number of rotatable bonds is 8. The molecule has 1 saturated carbocycles.